The molecule has 0 aliphatic carbocycles. The highest BCUT2D eigenvalue weighted by molar-refractivity contribution is 9.10. The van der Waals surface area contributed by atoms with Crippen LogP contribution >= 0.6 is 31.9 Å². The Morgan fingerprint density at radius 1 is 0.667 bits per heavy atom. The number of phenolic OH excluding ortho intramolecular Hbond substituents is 1. The summed E-state index contributed by atoms with van der Waals surface area (Å²) in [4.78, 5) is 0. The van der Waals surface area contributed by atoms with Gasteiger partial charge >= 0.3 is 0 Å². The highest BCUT2D eigenvalue weighted by Gasteiger charge is 2.47. The standard InChI is InChI=1S/C26H18Br2O2/c1-16-10-11-17(27)14-21(16)26(22-15-18(28)12-13-23(22)29)19-6-2-4-8-24(19)30-25-9-5-3-7-20(25)26/h2-15,29H,1H3. The van der Waals surface area contributed by atoms with Crippen LogP contribution in [0.3, 0.4) is 0 Å². The van der Waals surface area contributed by atoms with E-state index in [1.807, 2.05) is 54.6 Å². The Hall–Kier alpha value is -2.56. The van der Waals surface area contributed by atoms with Crippen LogP contribution in [0.25, 0.3) is 0 Å². The van der Waals surface area contributed by atoms with Gasteiger partial charge in [0, 0.05) is 25.6 Å². The highest BCUT2D eigenvalue weighted by atomic mass is 79.9. The van der Waals surface area contributed by atoms with E-state index in [0.29, 0.717) is 0 Å². The smallest absolute Gasteiger partial charge is 0.132 e. The molecule has 1 aliphatic heterocycles. The first kappa shape index (κ1) is 19.4. The van der Waals surface area contributed by atoms with E-state index in [1.54, 1.807) is 6.07 Å². The van der Waals surface area contributed by atoms with Gasteiger partial charge in [0.15, 0.2) is 0 Å². The van der Waals surface area contributed by atoms with E-state index in [-0.39, 0.29) is 5.75 Å². The lowest BCUT2D eigenvalue weighted by atomic mass is 9.62. The molecule has 0 fully saturated rings. The molecule has 0 amide bonds. The molecule has 0 unspecified atom stereocenters. The third-order valence-corrected chi connectivity index (χ3v) is 6.75. The van der Waals surface area contributed by atoms with Crippen molar-refractivity contribution in [3.05, 3.63) is 122 Å². The maximum absolute atomic E-state index is 11.2. The minimum atomic E-state index is -0.743. The average molecular weight is 522 g/mol. The zero-order valence-electron chi connectivity index (χ0n) is 16.2. The molecule has 2 nitrogen and oxygen atoms in total. The Morgan fingerprint density at radius 2 is 1.20 bits per heavy atom. The third-order valence-electron chi connectivity index (χ3n) is 5.77. The zero-order chi connectivity index (χ0) is 20.9. The van der Waals surface area contributed by atoms with E-state index in [2.05, 4.69) is 63.0 Å². The van der Waals surface area contributed by atoms with Crippen molar-refractivity contribution in [2.24, 2.45) is 0 Å². The molecule has 4 aromatic rings. The van der Waals surface area contributed by atoms with E-state index in [9.17, 15) is 5.11 Å². The molecule has 5 rings (SSSR count). The number of aryl methyl sites for hydroxylation is 1. The lowest BCUT2D eigenvalue weighted by molar-refractivity contribution is 0.422. The largest absolute Gasteiger partial charge is 0.508 e. The van der Waals surface area contributed by atoms with E-state index in [1.165, 1.54) is 0 Å². The van der Waals surface area contributed by atoms with E-state index < -0.39 is 5.41 Å². The van der Waals surface area contributed by atoms with E-state index >= 15 is 0 Å². The number of phenols is 1. The number of hydrogen-bond acceptors (Lipinski definition) is 2. The Kier molecular flexibility index (Phi) is 4.72. The molecule has 1 N–H and O–H groups in total. The SMILES string of the molecule is Cc1ccc(Br)cc1C1(c2cc(Br)ccc2O)c2ccccc2Oc2ccccc21. The summed E-state index contributed by atoms with van der Waals surface area (Å²) in [5.41, 5.74) is 4.28. The lowest BCUT2D eigenvalue weighted by Crippen LogP contribution is -2.35. The molecule has 4 heteroatoms. The van der Waals surface area contributed by atoms with Crippen molar-refractivity contribution in [3.63, 3.8) is 0 Å². The number of benzene rings is 4. The van der Waals surface area contributed by atoms with Crippen molar-refractivity contribution >= 4 is 31.9 Å². The highest BCUT2D eigenvalue weighted by Crippen LogP contribution is 2.57. The van der Waals surface area contributed by atoms with Crippen LogP contribution in [0, 0.1) is 6.92 Å². The van der Waals surface area contributed by atoms with E-state index in [4.69, 9.17) is 4.74 Å². The van der Waals surface area contributed by atoms with Crippen LogP contribution in [-0.4, -0.2) is 5.11 Å². The van der Waals surface area contributed by atoms with Crippen molar-refractivity contribution in [1.82, 2.24) is 0 Å². The normalized spacial score (nSPS) is 13.8. The van der Waals surface area contributed by atoms with Gasteiger partial charge in [-0.05, 0) is 60.5 Å². The summed E-state index contributed by atoms with van der Waals surface area (Å²) < 4.78 is 8.20. The van der Waals surface area contributed by atoms with Crippen LogP contribution in [0.1, 0.15) is 27.8 Å². The number of aromatic hydroxyl groups is 1. The van der Waals surface area contributed by atoms with Gasteiger partial charge in [-0.2, -0.15) is 0 Å². The molecule has 0 aromatic heterocycles. The number of fused-ring (bicyclic) bond motifs is 2. The van der Waals surface area contributed by atoms with Gasteiger partial charge in [-0.25, -0.2) is 0 Å². The fourth-order valence-corrected chi connectivity index (χ4v) is 5.25. The molecule has 0 radical (unpaired) electrons. The van der Waals surface area contributed by atoms with Crippen LogP contribution in [0.5, 0.6) is 17.2 Å². The van der Waals surface area contributed by atoms with Gasteiger partial charge in [-0.3, -0.25) is 0 Å². The van der Waals surface area contributed by atoms with Crippen LogP contribution in [-0.2, 0) is 5.41 Å². The molecule has 0 atom stereocenters. The Bertz CT molecular complexity index is 1180. The van der Waals surface area contributed by atoms with Crippen molar-refractivity contribution < 1.29 is 9.84 Å². The van der Waals surface area contributed by atoms with Gasteiger partial charge < -0.3 is 9.84 Å². The second kappa shape index (κ2) is 7.29. The zero-order valence-corrected chi connectivity index (χ0v) is 19.4. The molecule has 0 saturated carbocycles. The first-order valence-electron chi connectivity index (χ1n) is 9.64. The molecular weight excluding hydrogens is 504 g/mol. The molecule has 0 spiro atoms. The fraction of sp³-hybridized carbons (Fsp3) is 0.0769. The van der Waals surface area contributed by atoms with Crippen molar-refractivity contribution in [1.29, 1.82) is 0 Å². The summed E-state index contributed by atoms with van der Waals surface area (Å²) in [7, 11) is 0. The summed E-state index contributed by atoms with van der Waals surface area (Å²) in [5.74, 6) is 1.81. The van der Waals surface area contributed by atoms with Crippen LogP contribution in [0.4, 0.5) is 0 Å². The number of para-hydroxylation sites is 2. The topological polar surface area (TPSA) is 29.5 Å². The second-order valence-electron chi connectivity index (χ2n) is 7.47. The summed E-state index contributed by atoms with van der Waals surface area (Å²) in [5, 5.41) is 11.2. The molecule has 0 saturated heterocycles. The Labute approximate surface area is 192 Å². The first-order chi connectivity index (χ1) is 14.5. The Balaban J connectivity index is 2.04. The van der Waals surface area contributed by atoms with Crippen LogP contribution in [0.15, 0.2) is 93.9 Å². The molecule has 1 aliphatic rings. The summed E-state index contributed by atoms with van der Waals surface area (Å²) >= 11 is 7.29. The number of halogens is 2. The first-order valence-corrected chi connectivity index (χ1v) is 11.2. The predicted molar refractivity (Wildman–Crippen MR) is 127 cm³/mol. The third kappa shape index (κ3) is 2.82. The van der Waals surface area contributed by atoms with Gasteiger partial charge in [0.1, 0.15) is 17.2 Å². The van der Waals surface area contributed by atoms with Gasteiger partial charge in [0.2, 0.25) is 0 Å². The fourth-order valence-electron chi connectivity index (χ4n) is 4.53. The van der Waals surface area contributed by atoms with Crippen LogP contribution < -0.4 is 4.74 Å². The monoisotopic (exact) mass is 520 g/mol. The van der Waals surface area contributed by atoms with Crippen LogP contribution in [0.2, 0.25) is 0 Å². The van der Waals surface area contributed by atoms with Crippen molar-refractivity contribution in [3.8, 4) is 17.2 Å². The van der Waals surface area contributed by atoms with Gasteiger partial charge in [-0.15, -0.1) is 0 Å². The van der Waals surface area contributed by atoms with E-state index in [0.717, 1.165) is 48.3 Å². The molecule has 30 heavy (non-hydrogen) atoms. The minimum Gasteiger partial charge on any atom is -0.508 e. The van der Waals surface area contributed by atoms with Crippen molar-refractivity contribution in [2.75, 3.05) is 0 Å². The average Bonchev–Trinajstić information content (AvgIpc) is 2.76. The molecule has 1 heterocycles. The predicted octanol–water partition coefficient (Wildman–Crippen LogP) is 7.71. The van der Waals surface area contributed by atoms with Crippen molar-refractivity contribution in [2.45, 2.75) is 12.3 Å². The molecular formula is C26H18Br2O2. The molecule has 148 valence electrons. The van der Waals surface area contributed by atoms with Gasteiger partial charge in [0.05, 0.1) is 5.41 Å². The maximum atomic E-state index is 11.2. The second-order valence-corrected chi connectivity index (χ2v) is 9.30. The maximum Gasteiger partial charge on any atom is 0.132 e. The molecule has 4 aromatic carbocycles. The minimum absolute atomic E-state index is 0.240. The number of hydrogen-bond donors (Lipinski definition) is 1. The van der Waals surface area contributed by atoms with Gasteiger partial charge in [0.25, 0.3) is 0 Å². The quantitative estimate of drug-likeness (QED) is 0.257. The number of rotatable bonds is 2. The Morgan fingerprint density at radius 3 is 1.83 bits per heavy atom. The lowest BCUT2D eigenvalue weighted by Gasteiger charge is -2.42. The molecule has 0 bridgehead atoms. The van der Waals surface area contributed by atoms with Gasteiger partial charge in [-0.1, -0.05) is 74.3 Å². The summed E-state index contributed by atoms with van der Waals surface area (Å²) in [6.07, 6.45) is 0. The number of ether oxygens (including phenoxy) is 1. The summed E-state index contributed by atoms with van der Waals surface area (Å²) in [6.45, 7) is 2.11. The summed E-state index contributed by atoms with van der Waals surface area (Å²) in [6, 6.07) is 28.1.